The van der Waals surface area contributed by atoms with E-state index < -0.39 is 17.4 Å². The maximum Gasteiger partial charge on any atom is 0.322 e. The van der Waals surface area contributed by atoms with E-state index in [9.17, 15) is 14.0 Å². The third-order valence-electron chi connectivity index (χ3n) is 4.40. The molecule has 1 aromatic rings. The second-order valence-electron chi connectivity index (χ2n) is 6.25. The molecule has 2 aliphatic rings. The van der Waals surface area contributed by atoms with Gasteiger partial charge in [-0.05, 0) is 37.0 Å². The quantitative estimate of drug-likeness (QED) is 0.274. The summed E-state index contributed by atoms with van der Waals surface area (Å²) in [6.07, 6.45) is 2.70. The Morgan fingerprint density at radius 1 is 1.46 bits per heavy atom. The Balaban J connectivity index is 1.65. The zero-order valence-electron chi connectivity index (χ0n) is 13.9. The van der Waals surface area contributed by atoms with Crippen LogP contribution in [0, 0.1) is 17.1 Å². The molecule has 26 heavy (non-hydrogen) atoms. The summed E-state index contributed by atoms with van der Waals surface area (Å²) >= 11 is 0. The van der Waals surface area contributed by atoms with Crippen molar-refractivity contribution in [2.45, 2.75) is 18.4 Å². The number of rotatable bonds is 8. The molecule has 0 aromatic heterocycles. The standard InChI is InChI=1S/C17H19FN6O2/c1-10(14(8-19)24-23-13-4-2-3-12(18)7-13)20-9-17(11-5-6-11)15(25)21-16(26)22-17/h2-4,7-8,11,19-20,23H,1,5-6,9H2,(H2,21,22,25,26)/b19-8?,24-14+/t17-/m0/s1. The number of benzene rings is 1. The predicted molar refractivity (Wildman–Crippen MR) is 95.5 cm³/mol. The van der Waals surface area contributed by atoms with E-state index in [-0.39, 0.29) is 24.1 Å². The Kier molecular flexibility index (Phi) is 4.70. The molecular formula is C17H19FN6O2. The lowest BCUT2D eigenvalue weighted by atomic mass is 9.93. The molecule has 1 aliphatic heterocycles. The van der Waals surface area contributed by atoms with Crippen LogP contribution in [0.25, 0.3) is 0 Å². The van der Waals surface area contributed by atoms with Gasteiger partial charge in [-0.2, -0.15) is 5.10 Å². The highest BCUT2D eigenvalue weighted by molar-refractivity contribution is 6.36. The fraction of sp³-hybridized carbons (Fsp3) is 0.294. The molecule has 1 atom stereocenters. The smallest absolute Gasteiger partial charge is 0.322 e. The number of halogens is 1. The molecule has 3 rings (SSSR count). The number of hydrazone groups is 1. The van der Waals surface area contributed by atoms with Crippen LogP contribution in [0.2, 0.25) is 0 Å². The number of nitrogens with one attached hydrogen (secondary N) is 5. The van der Waals surface area contributed by atoms with Gasteiger partial charge in [0, 0.05) is 12.8 Å². The van der Waals surface area contributed by atoms with Crippen molar-refractivity contribution in [3.05, 3.63) is 42.4 Å². The third kappa shape index (κ3) is 3.56. The summed E-state index contributed by atoms with van der Waals surface area (Å²) < 4.78 is 13.2. The molecule has 5 N–H and O–H groups in total. The molecule has 1 saturated heterocycles. The molecule has 2 fully saturated rings. The molecule has 1 saturated carbocycles. The minimum atomic E-state index is -1.01. The Morgan fingerprint density at radius 3 is 2.81 bits per heavy atom. The van der Waals surface area contributed by atoms with Crippen molar-refractivity contribution in [1.82, 2.24) is 16.0 Å². The number of imide groups is 1. The topological polar surface area (TPSA) is 118 Å². The van der Waals surface area contributed by atoms with E-state index in [2.05, 4.69) is 33.1 Å². The summed E-state index contributed by atoms with van der Waals surface area (Å²) in [5.41, 5.74) is 2.56. The number of nitrogens with zero attached hydrogens (tertiary/aromatic N) is 1. The highest BCUT2D eigenvalue weighted by atomic mass is 19.1. The Bertz CT molecular complexity index is 804. The normalized spacial score (nSPS) is 22.4. The van der Waals surface area contributed by atoms with E-state index in [4.69, 9.17) is 5.41 Å². The zero-order chi connectivity index (χ0) is 18.7. The number of urea groups is 1. The molecule has 0 spiro atoms. The van der Waals surface area contributed by atoms with Gasteiger partial charge in [0.25, 0.3) is 5.91 Å². The van der Waals surface area contributed by atoms with Gasteiger partial charge in [0.05, 0.1) is 11.4 Å². The monoisotopic (exact) mass is 358 g/mol. The molecule has 0 unspecified atom stereocenters. The van der Waals surface area contributed by atoms with E-state index in [1.54, 1.807) is 6.07 Å². The van der Waals surface area contributed by atoms with E-state index in [1.165, 1.54) is 18.2 Å². The molecule has 136 valence electrons. The molecule has 1 aromatic carbocycles. The van der Waals surface area contributed by atoms with Crippen LogP contribution in [0.3, 0.4) is 0 Å². The second kappa shape index (κ2) is 6.95. The van der Waals surface area contributed by atoms with Gasteiger partial charge < -0.3 is 16.0 Å². The minimum absolute atomic E-state index is 0.0695. The van der Waals surface area contributed by atoms with Gasteiger partial charge in [-0.1, -0.05) is 12.6 Å². The van der Waals surface area contributed by atoms with Crippen molar-refractivity contribution >= 4 is 29.6 Å². The summed E-state index contributed by atoms with van der Waals surface area (Å²) in [5, 5.41) is 19.4. The average Bonchev–Trinajstić information content (AvgIpc) is 3.40. The van der Waals surface area contributed by atoms with Gasteiger partial charge in [-0.25, -0.2) is 9.18 Å². The first-order valence-corrected chi connectivity index (χ1v) is 8.11. The van der Waals surface area contributed by atoms with Gasteiger partial charge in [0.1, 0.15) is 17.1 Å². The molecular weight excluding hydrogens is 339 g/mol. The van der Waals surface area contributed by atoms with Crippen LogP contribution in [0.15, 0.2) is 41.6 Å². The fourth-order valence-corrected chi connectivity index (χ4v) is 2.84. The first kappa shape index (κ1) is 17.6. The first-order valence-electron chi connectivity index (χ1n) is 8.11. The van der Waals surface area contributed by atoms with Crippen LogP contribution in [-0.4, -0.2) is 35.9 Å². The molecule has 9 heteroatoms. The van der Waals surface area contributed by atoms with Crippen LogP contribution >= 0.6 is 0 Å². The van der Waals surface area contributed by atoms with E-state index in [0.29, 0.717) is 11.4 Å². The van der Waals surface area contributed by atoms with Crippen molar-refractivity contribution in [3.63, 3.8) is 0 Å². The van der Waals surface area contributed by atoms with Crippen LogP contribution < -0.4 is 21.4 Å². The molecule has 1 aliphatic carbocycles. The van der Waals surface area contributed by atoms with Crippen molar-refractivity contribution in [3.8, 4) is 0 Å². The van der Waals surface area contributed by atoms with Gasteiger partial charge in [-0.15, -0.1) is 0 Å². The fourth-order valence-electron chi connectivity index (χ4n) is 2.84. The van der Waals surface area contributed by atoms with Crippen LogP contribution in [0.1, 0.15) is 12.8 Å². The number of carbonyl (C=O) groups excluding carboxylic acids is 2. The molecule has 1 heterocycles. The number of anilines is 1. The largest absolute Gasteiger partial charge is 0.381 e. The lowest BCUT2D eigenvalue weighted by molar-refractivity contribution is -0.124. The summed E-state index contributed by atoms with van der Waals surface area (Å²) in [6.45, 7) is 3.96. The molecule has 0 bridgehead atoms. The SMILES string of the molecule is C=C(NC[C@@]1(C2CC2)NC(=O)NC1=O)/C(C=N)=N/Nc1cccc(F)c1. The van der Waals surface area contributed by atoms with Crippen molar-refractivity contribution < 1.29 is 14.0 Å². The van der Waals surface area contributed by atoms with Crippen molar-refractivity contribution in [1.29, 1.82) is 5.41 Å². The van der Waals surface area contributed by atoms with Crippen molar-refractivity contribution in [2.24, 2.45) is 11.0 Å². The zero-order valence-corrected chi connectivity index (χ0v) is 13.9. The number of hydrogen-bond acceptors (Lipinski definition) is 6. The third-order valence-corrected chi connectivity index (χ3v) is 4.40. The summed E-state index contributed by atoms with van der Waals surface area (Å²) in [6, 6.07) is 5.23. The van der Waals surface area contributed by atoms with Crippen molar-refractivity contribution in [2.75, 3.05) is 12.0 Å². The highest BCUT2D eigenvalue weighted by Gasteiger charge is 2.55. The number of carbonyl (C=O) groups is 2. The van der Waals surface area contributed by atoms with Crippen LogP contribution in [-0.2, 0) is 4.79 Å². The summed E-state index contributed by atoms with van der Waals surface area (Å²) in [7, 11) is 0. The second-order valence-corrected chi connectivity index (χ2v) is 6.25. The maximum atomic E-state index is 13.2. The number of amides is 3. The van der Waals surface area contributed by atoms with E-state index in [1.807, 2.05) is 0 Å². The Labute approximate surface area is 149 Å². The highest BCUT2D eigenvalue weighted by Crippen LogP contribution is 2.41. The Morgan fingerprint density at radius 2 is 2.23 bits per heavy atom. The van der Waals surface area contributed by atoms with Gasteiger partial charge in [-0.3, -0.25) is 15.5 Å². The summed E-state index contributed by atoms with van der Waals surface area (Å²) in [5.74, 6) is -0.704. The van der Waals surface area contributed by atoms with Gasteiger partial charge >= 0.3 is 6.03 Å². The Hall–Kier alpha value is -3.23. The van der Waals surface area contributed by atoms with E-state index >= 15 is 0 Å². The minimum Gasteiger partial charge on any atom is -0.381 e. The van der Waals surface area contributed by atoms with Crippen LogP contribution in [0.4, 0.5) is 14.9 Å². The summed E-state index contributed by atoms with van der Waals surface area (Å²) in [4.78, 5) is 23.7. The number of allylic oxidation sites excluding steroid dienone is 1. The lowest BCUT2D eigenvalue weighted by Crippen LogP contribution is -2.56. The maximum absolute atomic E-state index is 13.2. The predicted octanol–water partition coefficient (Wildman–Crippen LogP) is 1.33. The average molecular weight is 358 g/mol. The van der Waals surface area contributed by atoms with Gasteiger partial charge in [0.15, 0.2) is 0 Å². The molecule has 0 radical (unpaired) electrons. The lowest BCUT2D eigenvalue weighted by Gasteiger charge is -2.27. The molecule has 8 nitrogen and oxygen atoms in total. The van der Waals surface area contributed by atoms with Crippen LogP contribution in [0.5, 0.6) is 0 Å². The first-order chi connectivity index (χ1) is 12.4. The van der Waals surface area contributed by atoms with Gasteiger partial charge in [0.2, 0.25) is 0 Å². The van der Waals surface area contributed by atoms with E-state index in [0.717, 1.165) is 19.1 Å². The number of hydrogen-bond donors (Lipinski definition) is 5. The molecule has 3 amide bonds.